The monoisotopic (exact) mass is 222 g/mol. The van der Waals surface area contributed by atoms with Crippen molar-refractivity contribution in [1.29, 1.82) is 0 Å². The first-order valence-corrected chi connectivity index (χ1v) is 4.78. The van der Waals surface area contributed by atoms with Gasteiger partial charge in [0.05, 0.1) is 6.20 Å². The molecule has 6 heteroatoms. The summed E-state index contributed by atoms with van der Waals surface area (Å²) in [6.45, 7) is 0. The molecule has 1 aromatic rings. The number of hydrogen-bond acceptors (Lipinski definition) is 3. The maximum atomic E-state index is 11.6. The number of carbonyl (C=O) groups is 1. The van der Waals surface area contributed by atoms with Crippen molar-refractivity contribution in [2.75, 3.05) is 7.05 Å². The summed E-state index contributed by atoms with van der Waals surface area (Å²) in [4.78, 5) is 13.0. The molecule has 2 rings (SSSR count). The second-order valence-electron chi connectivity index (χ2n) is 3.30. The largest absolute Gasteiger partial charge is 0.328 e. The van der Waals surface area contributed by atoms with Crippen molar-refractivity contribution >= 4 is 29.3 Å². The van der Waals surface area contributed by atoms with Crippen molar-refractivity contribution in [2.45, 2.75) is 0 Å². The highest BCUT2D eigenvalue weighted by Gasteiger charge is 2.26. The Balaban J connectivity index is 2.29. The third-order valence-electron chi connectivity index (χ3n) is 2.12. The van der Waals surface area contributed by atoms with Gasteiger partial charge in [0.2, 0.25) is 0 Å². The molecule has 1 aliphatic heterocycles. The topological polar surface area (TPSA) is 50.2 Å². The van der Waals surface area contributed by atoms with Gasteiger partial charge in [0.1, 0.15) is 5.70 Å². The third-order valence-corrected chi connectivity index (χ3v) is 2.49. The Morgan fingerprint density at radius 1 is 1.53 bits per heavy atom. The summed E-state index contributed by atoms with van der Waals surface area (Å²) in [7, 11) is 3.46. The van der Waals surface area contributed by atoms with Crippen molar-refractivity contribution in [3.8, 4) is 0 Å². The van der Waals surface area contributed by atoms with Crippen LogP contribution in [0.4, 0.5) is 0 Å². The van der Waals surface area contributed by atoms with Crippen LogP contribution in [-0.4, -0.2) is 32.7 Å². The lowest BCUT2D eigenvalue weighted by Gasteiger charge is -2.02. The summed E-state index contributed by atoms with van der Waals surface area (Å²) in [6, 6.07) is 0. The van der Waals surface area contributed by atoms with E-state index in [1.165, 1.54) is 4.90 Å². The first-order valence-electron chi connectivity index (χ1n) is 4.37. The Bertz CT molecular complexity index is 462. The smallest absolute Gasteiger partial charge is 0.276 e. The molecule has 0 spiro atoms. The molecule has 2 heterocycles. The number of likely N-dealkylation sites (N-methyl/N-ethyl adjacent to an activating group) is 1. The van der Waals surface area contributed by atoms with Gasteiger partial charge in [-0.2, -0.15) is 5.10 Å². The van der Waals surface area contributed by atoms with Crippen LogP contribution in [0.25, 0.3) is 6.08 Å². The van der Waals surface area contributed by atoms with Crippen molar-refractivity contribution in [3.63, 3.8) is 0 Å². The molecule has 0 aromatic carbocycles. The second-order valence-corrected chi connectivity index (χ2v) is 3.69. The van der Waals surface area contributed by atoms with E-state index in [9.17, 15) is 4.79 Å². The number of thiocarbonyl (C=S) groups is 1. The van der Waals surface area contributed by atoms with Gasteiger partial charge in [0.15, 0.2) is 5.11 Å². The Kier molecular flexibility index (Phi) is 2.28. The van der Waals surface area contributed by atoms with E-state index in [1.54, 1.807) is 24.0 Å². The SMILES string of the molecule is CN1C(=O)/C(=C\c2cnn(C)c2)NC1=S. The van der Waals surface area contributed by atoms with Gasteiger partial charge >= 0.3 is 0 Å². The highest BCUT2D eigenvalue weighted by atomic mass is 32.1. The number of nitrogens with one attached hydrogen (secondary N) is 1. The molecular weight excluding hydrogens is 212 g/mol. The predicted octanol–water partition coefficient (Wildman–Crippen LogP) is 0.107. The van der Waals surface area contributed by atoms with Crippen molar-refractivity contribution in [2.24, 2.45) is 7.05 Å². The number of aryl methyl sites for hydroxylation is 1. The van der Waals surface area contributed by atoms with E-state index in [0.29, 0.717) is 10.8 Å². The molecule has 1 N–H and O–H groups in total. The highest BCUT2D eigenvalue weighted by molar-refractivity contribution is 7.80. The summed E-state index contributed by atoms with van der Waals surface area (Å²) in [5.74, 6) is -0.121. The standard InChI is InChI=1S/C9H10N4OS/c1-12-5-6(4-10-12)3-7-8(14)13(2)9(15)11-7/h3-5H,1-2H3,(H,11,15)/b7-3+. The first kappa shape index (κ1) is 9.85. The van der Waals surface area contributed by atoms with E-state index >= 15 is 0 Å². The van der Waals surface area contributed by atoms with Crippen molar-refractivity contribution in [3.05, 3.63) is 23.7 Å². The Labute approximate surface area is 92.4 Å². The quantitative estimate of drug-likeness (QED) is 0.541. The lowest BCUT2D eigenvalue weighted by Crippen LogP contribution is -2.25. The van der Waals surface area contributed by atoms with Gasteiger partial charge in [-0.3, -0.25) is 14.4 Å². The van der Waals surface area contributed by atoms with E-state index < -0.39 is 0 Å². The molecule has 0 unspecified atom stereocenters. The molecule has 1 aliphatic rings. The normalized spacial score (nSPS) is 18.8. The van der Waals surface area contributed by atoms with Crippen LogP contribution in [-0.2, 0) is 11.8 Å². The lowest BCUT2D eigenvalue weighted by molar-refractivity contribution is -0.121. The van der Waals surface area contributed by atoms with Crippen LogP contribution in [0.15, 0.2) is 18.1 Å². The number of nitrogens with zero attached hydrogens (tertiary/aromatic N) is 3. The van der Waals surface area contributed by atoms with E-state index in [0.717, 1.165) is 5.56 Å². The van der Waals surface area contributed by atoms with E-state index in [1.807, 2.05) is 13.2 Å². The molecule has 78 valence electrons. The minimum Gasteiger partial charge on any atom is -0.328 e. The van der Waals surface area contributed by atoms with Gasteiger partial charge in [-0.25, -0.2) is 0 Å². The third kappa shape index (κ3) is 1.75. The van der Waals surface area contributed by atoms with Gasteiger partial charge in [-0.15, -0.1) is 0 Å². The Hall–Kier alpha value is -1.69. The average molecular weight is 222 g/mol. The molecule has 1 amide bonds. The highest BCUT2D eigenvalue weighted by Crippen LogP contribution is 2.11. The molecule has 0 aliphatic carbocycles. The molecule has 5 nitrogen and oxygen atoms in total. The van der Waals surface area contributed by atoms with Crippen LogP contribution in [0.3, 0.4) is 0 Å². The molecular formula is C9H10N4OS. The number of rotatable bonds is 1. The summed E-state index contributed by atoms with van der Waals surface area (Å²) in [5.41, 5.74) is 1.35. The average Bonchev–Trinajstić information content (AvgIpc) is 2.68. The number of hydrogen-bond donors (Lipinski definition) is 1. The molecule has 1 fully saturated rings. The molecule has 0 bridgehead atoms. The fourth-order valence-electron chi connectivity index (χ4n) is 1.30. The molecule has 1 saturated heterocycles. The van der Waals surface area contributed by atoms with Gasteiger partial charge in [0.25, 0.3) is 5.91 Å². The van der Waals surface area contributed by atoms with E-state index in [4.69, 9.17) is 12.2 Å². The van der Waals surface area contributed by atoms with Crippen LogP contribution in [0.1, 0.15) is 5.56 Å². The zero-order chi connectivity index (χ0) is 11.0. The van der Waals surface area contributed by atoms with Crippen molar-refractivity contribution < 1.29 is 4.79 Å². The zero-order valence-electron chi connectivity index (χ0n) is 8.39. The van der Waals surface area contributed by atoms with Crippen LogP contribution in [0.5, 0.6) is 0 Å². The summed E-state index contributed by atoms with van der Waals surface area (Å²) in [5, 5.41) is 7.28. The maximum absolute atomic E-state index is 11.6. The van der Waals surface area contributed by atoms with Gasteiger partial charge in [-0.1, -0.05) is 0 Å². The lowest BCUT2D eigenvalue weighted by atomic mass is 10.3. The number of carbonyl (C=O) groups excluding carboxylic acids is 1. The van der Waals surface area contributed by atoms with Crippen LogP contribution in [0, 0.1) is 0 Å². The molecule has 1 aromatic heterocycles. The van der Waals surface area contributed by atoms with E-state index in [2.05, 4.69) is 10.4 Å². The summed E-state index contributed by atoms with van der Waals surface area (Å²) in [6.07, 6.45) is 5.23. The molecule has 0 saturated carbocycles. The number of aromatic nitrogens is 2. The zero-order valence-corrected chi connectivity index (χ0v) is 9.21. The Morgan fingerprint density at radius 2 is 2.27 bits per heavy atom. The van der Waals surface area contributed by atoms with E-state index in [-0.39, 0.29) is 5.91 Å². The van der Waals surface area contributed by atoms with Gasteiger partial charge in [-0.05, 0) is 18.3 Å². The summed E-state index contributed by atoms with van der Waals surface area (Å²) < 4.78 is 1.67. The minimum absolute atomic E-state index is 0.121. The van der Waals surface area contributed by atoms with Crippen LogP contribution < -0.4 is 5.32 Å². The second kappa shape index (κ2) is 3.47. The van der Waals surface area contributed by atoms with Gasteiger partial charge in [0, 0.05) is 25.9 Å². The van der Waals surface area contributed by atoms with Crippen molar-refractivity contribution in [1.82, 2.24) is 20.0 Å². The summed E-state index contributed by atoms with van der Waals surface area (Å²) >= 11 is 4.95. The predicted molar refractivity (Wildman–Crippen MR) is 59.7 cm³/mol. The molecule has 0 atom stereocenters. The fourth-order valence-corrected chi connectivity index (χ4v) is 1.50. The molecule has 0 radical (unpaired) electrons. The van der Waals surface area contributed by atoms with Crippen LogP contribution >= 0.6 is 12.2 Å². The fraction of sp³-hybridized carbons (Fsp3) is 0.222. The number of amides is 1. The minimum atomic E-state index is -0.121. The Morgan fingerprint density at radius 3 is 2.73 bits per heavy atom. The van der Waals surface area contributed by atoms with Gasteiger partial charge < -0.3 is 5.32 Å². The molecule has 15 heavy (non-hydrogen) atoms. The van der Waals surface area contributed by atoms with Crippen LogP contribution in [0.2, 0.25) is 0 Å². The maximum Gasteiger partial charge on any atom is 0.276 e. The first-order chi connectivity index (χ1) is 7.08.